The molecule has 0 aliphatic heterocycles. The number of para-hydroxylation sites is 1. The van der Waals surface area contributed by atoms with E-state index >= 15 is 0 Å². The molecule has 0 bridgehead atoms. The minimum Gasteiger partial charge on any atom is -0.356 e. The summed E-state index contributed by atoms with van der Waals surface area (Å²) in [5.74, 6) is 0.714. The van der Waals surface area contributed by atoms with Crippen LogP contribution in [0, 0.1) is 5.82 Å². The van der Waals surface area contributed by atoms with E-state index in [9.17, 15) is 9.18 Å². The van der Waals surface area contributed by atoms with E-state index in [0.29, 0.717) is 19.4 Å². The number of nitrogens with zero attached hydrogens (tertiary/aromatic N) is 2. The molecule has 0 aliphatic carbocycles. The van der Waals surface area contributed by atoms with Crippen LogP contribution >= 0.6 is 11.8 Å². The molecular weight excluding hydrogens is 361 g/mol. The van der Waals surface area contributed by atoms with Gasteiger partial charge in [0.25, 0.3) is 0 Å². The highest BCUT2D eigenvalue weighted by Gasteiger charge is 2.05. The summed E-state index contributed by atoms with van der Waals surface area (Å²) in [7, 11) is 0. The predicted molar refractivity (Wildman–Crippen MR) is 107 cm³/mol. The van der Waals surface area contributed by atoms with Gasteiger partial charge in [-0.15, -0.1) is 11.8 Å². The molecular formula is C21H22FN3OS. The molecule has 4 nitrogen and oxygen atoms in total. The topological polar surface area (TPSA) is 46.9 Å². The Morgan fingerprint density at radius 3 is 2.67 bits per heavy atom. The van der Waals surface area contributed by atoms with Gasteiger partial charge in [-0.2, -0.15) is 5.10 Å². The van der Waals surface area contributed by atoms with Crippen molar-refractivity contribution in [2.75, 3.05) is 12.3 Å². The van der Waals surface area contributed by atoms with Gasteiger partial charge in [-0.1, -0.05) is 18.2 Å². The van der Waals surface area contributed by atoms with Crippen LogP contribution in [0.3, 0.4) is 0 Å². The SMILES string of the molecule is O=C(CCc1cnn(-c2ccccc2)c1)NCCCSc1ccc(F)cc1. The van der Waals surface area contributed by atoms with Crippen molar-refractivity contribution < 1.29 is 9.18 Å². The van der Waals surface area contributed by atoms with Gasteiger partial charge in [-0.25, -0.2) is 9.07 Å². The molecule has 3 rings (SSSR count). The molecule has 140 valence electrons. The second-order valence-electron chi connectivity index (χ2n) is 6.13. The van der Waals surface area contributed by atoms with Gasteiger partial charge in [0.15, 0.2) is 0 Å². The number of nitrogens with one attached hydrogen (secondary N) is 1. The standard InChI is InChI=1S/C21H22FN3OS/c22-18-8-10-20(11-9-18)27-14-4-13-23-21(26)12-7-17-15-24-25(16-17)19-5-2-1-3-6-19/h1-3,5-6,8-11,15-16H,4,7,12-14H2,(H,23,26). The van der Waals surface area contributed by atoms with Crippen molar-refractivity contribution in [3.63, 3.8) is 0 Å². The normalized spacial score (nSPS) is 10.7. The highest BCUT2D eigenvalue weighted by atomic mass is 32.2. The maximum atomic E-state index is 12.8. The Hall–Kier alpha value is -2.60. The van der Waals surface area contributed by atoms with Crippen LogP contribution in [0.5, 0.6) is 0 Å². The number of benzene rings is 2. The van der Waals surface area contributed by atoms with Crippen molar-refractivity contribution in [2.45, 2.75) is 24.2 Å². The van der Waals surface area contributed by atoms with Crippen LogP contribution in [0.15, 0.2) is 71.9 Å². The van der Waals surface area contributed by atoms with Crippen LogP contribution in [0.2, 0.25) is 0 Å². The predicted octanol–water partition coefficient (Wildman–Crippen LogP) is 4.24. The summed E-state index contributed by atoms with van der Waals surface area (Å²) in [5.41, 5.74) is 2.05. The third-order valence-electron chi connectivity index (χ3n) is 4.02. The third kappa shape index (κ3) is 6.25. The Kier molecular flexibility index (Phi) is 7.04. The number of aromatic nitrogens is 2. The summed E-state index contributed by atoms with van der Waals surface area (Å²) in [6.45, 7) is 0.649. The quantitative estimate of drug-likeness (QED) is 0.444. The lowest BCUT2D eigenvalue weighted by Crippen LogP contribution is -2.24. The first-order valence-corrected chi connectivity index (χ1v) is 9.93. The zero-order valence-electron chi connectivity index (χ0n) is 15.0. The average molecular weight is 383 g/mol. The molecule has 1 N–H and O–H groups in total. The lowest BCUT2D eigenvalue weighted by molar-refractivity contribution is -0.121. The minimum atomic E-state index is -0.221. The molecule has 0 fully saturated rings. The highest BCUT2D eigenvalue weighted by molar-refractivity contribution is 7.99. The molecule has 0 aliphatic rings. The molecule has 1 amide bonds. The first-order valence-electron chi connectivity index (χ1n) is 8.95. The van der Waals surface area contributed by atoms with Crippen molar-refractivity contribution >= 4 is 17.7 Å². The van der Waals surface area contributed by atoms with Crippen LogP contribution in [0.25, 0.3) is 5.69 Å². The number of carbonyl (C=O) groups excluding carboxylic acids is 1. The van der Waals surface area contributed by atoms with Gasteiger partial charge >= 0.3 is 0 Å². The Labute approximate surface area is 162 Å². The number of carbonyl (C=O) groups is 1. The van der Waals surface area contributed by atoms with Crippen molar-refractivity contribution in [3.8, 4) is 5.69 Å². The van der Waals surface area contributed by atoms with E-state index in [1.165, 1.54) is 12.1 Å². The number of aryl methyl sites for hydroxylation is 1. The van der Waals surface area contributed by atoms with E-state index in [2.05, 4.69) is 10.4 Å². The van der Waals surface area contributed by atoms with Crippen LogP contribution in [-0.4, -0.2) is 28.0 Å². The van der Waals surface area contributed by atoms with Crippen LogP contribution in [0.4, 0.5) is 4.39 Å². The largest absolute Gasteiger partial charge is 0.356 e. The van der Waals surface area contributed by atoms with Gasteiger partial charge in [-0.05, 0) is 60.6 Å². The fourth-order valence-corrected chi connectivity index (χ4v) is 3.43. The Morgan fingerprint density at radius 1 is 1.11 bits per heavy atom. The van der Waals surface area contributed by atoms with Crippen molar-refractivity contribution in [3.05, 3.63) is 78.4 Å². The molecule has 1 aromatic heterocycles. The van der Waals surface area contributed by atoms with Crippen molar-refractivity contribution in [1.82, 2.24) is 15.1 Å². The molecule has 0 saturated carbocycles. The number of hydrogen-bond acceptors (Lipinski definition) is 3. The van der Waals surface area contributed by atoms with Gasteiger partial charge in [0.1, 0.15) is 5.82 Å². The fraction of sp³-hybridized carbons (Fsp3) is 0.238. The molecule has 0 atom stereocenters. The van der Waals surface area contributed by atoms with E-state index in [4.69, 9.17) is 0 Å². The smallest absolute Gasteiger partial charge is 0.220 e. The Bertz CT molecular complexity index is 849. The second-order valence-corrected chi connectivity index (χ2v) is 7.30. The summed E-state index contributed by atoms with van der Waals surface area (Å²) < 4.78 is 14.7. The third-order valence-corrected chi connectivity index (χ3v) is 5.12. The van der Waals surface area contributed by atoms with Gasteiger partial charge in [0, 0.05) is 24.1 Å². The molecule has 0 unspecified atom stereocenters. The summed E-state index contributed by atoms with van der Waals surface area (Å²) in [6.07, 6.45) is 5.76. The zero-order chi connectivity index (χ0) is 18.9. The van der Waals surface area contributed by atoms with Crippen molar-refractivity contribution in [2.24, 2.45) is 0 Å². The lowest BCUT2D eigenvalue weighted by Gasteiger charge is -2.05. The second kappa shape index (κ2) is 9.92. The fourth-order valence-electron chi connectivity index (χ4n) is 2.58. The van der Waals surface area contributed by atoms with Gasteiger partial charge in [0.05, 0.1) is 11.9 Å². The highest BCUT2D eigenvalue weighted by Crippen LogP contribution is 2.18. The number of rotatable bonds is 9. The molecule has 3 aromatic rings. The van der Waals surface area contributed by atoms with Gasteiger partial charge in [0.2, 0.25) is 5.91 Å². The zero-order valence-corrected chi connectivity index (χ0v) is 15.8. The van der Waals surface area contributed by atoms with E-state index in [1.807, 2.05) is 41.2 Å². The molecule has 2 aromatic carbocycles. The van der Waals surface area contributed by atoms with E-state index in [1.54, 1.807) is 30.1 Å². The number of amides is 1. The number of hydrogen-bond donors (Lipinski definition) is 1. The molecule has 0 radical (unpaired) electrons. The lowest BCUT2D eigenvalue weighted by atomic mass is 10.2. The van der Waals surface area contributed by atoms with E-state index < -0.39 is 0 Å². The number of halogens is 1. The van der Waals surface area contributed by atoms with E-state index in [0.717, 1.165) is 28.3 Å². The molecule has 1 heterocycles. The minimum absolute atomic E-state index is 0.0502. The Morgan fingerprint density at radius 2 is 1.89 bits per heavy atom. The van der Waals surface area contributed by atoms with Crippen LogP contribution in [0.1, 0.15) is 18.4 Å². The van der Waals surface area contributed by atoms with E-state index in [-0.39, 0.29) is 11.7 Å². The maximum absolute atomic E-state index is 12.8. The van der Waals surface area contributed by atoms with Crippen LogP contribution in [-0.2, 0) is 11.2 Å². The Balaban J connectivity index is 1.32. The monoisotopic (exact) mass is 383 g/mol. The van der Waals surface area contributed by atoms with Gasteiger partial charge in [-0.3, -0.25) is 4.79 Å². The first kappa shape index (κ1) is 19.2. The summed E-state index contributed by atoms with van der Waals surface area (Å²) in [4.78, 5) is 13.0. The van der Waals surface area contributed by atoms with Gasteiger partial charge < -0.3 is 5.32 Å². The molecule has 0 spiro atoms. The summed E-state index contributed by atoms with van der Waals surface area (Å²) in [6, 6.07) is 16.4. The summed E-state index contributed by atoms with van der Waals surface area (Å²) >= 11 is 1.66. The molecule has 6 heteroatoms. The molecule has 27 heavy (non-hydrogen) atoms. The summed E-state index contributed by atoms with van der Waals surface area (Å²) in [5, 5.41) is 7.29. The van der Waals surface area contributed by atoms with Crippen LogP contribution < -0.4 is 5.32 Å². The van der Waals surface area contributed by atoms with Crippen molar-refractivity contribution in [1.29, 1.82) is 0 Å². The molecule has 0 saturated heterocycles. The average Bonchev–Trinajstić information content (AvgIpc) is 3.17. The first-order chi connectivity index (χ1) is 13.2. The maximum Gasteiger partial charge on any atom is 0.220 e. The number of thioether (sulfide) groups is 1.